The molecule has 0 radical (unpaired) electrons. The summed E-state index contributed by atoms with van der Waals surface area (Å²) in [7, 11) is 0. The predicted molar refractivity (Wildman–Crippen MR) is 113 cm³/mol. The molecule has 4 amide bonds. The zero-order valence-electron chi connectivity index (χ0n) is 17.8. The monoisotopic (exact) mass is 474 g/mol. The summed E-state index contributed by atoms with van der Waals surface area (Å²) in [5.41, 5.74) is 20.6. The Morgan fingerprint density at radius 1 is 0.818 bits per heavy atom. The van der Waals surface area contributed by atoms with Crippen LogP contribution in [0.3, 0.4) is 0 Å². The number of aliphatic imine (C=N–C) groups is 1. The average Bonchev–Trinajstić information content (AvgIpc) is 2.71. The van der Waals surface area contributed by atoms with Crippen molar-refractivity contribution in [3.63, 3.8) is 0 Å². The van der Waals surface area contributed by atoms with Crippen molar-refractivity contribution in [2.45, 2.75) is 50.2 Å². The molecule has 0 spiro atoms. The lowest BCUT2D eigenvalue weighted by atomic mass is 10.1. The first-order valence-electron chi connectivity index (χ1n) is 9.75. The van der Waals surface area contributed by atoms with Crippen LogP contribution in [0.15, 0.2) is 4.99 Å². The quantitative estimate of drug-likeness (QED) is 0.0581. The van der Waals surface area contributed by atoms with E-state index >= 15 is 0 Å². The molecule has 16 nitrogen and oxygen atoms in total. The topological polar surface area (TPSA) is 295 Å². The van der Waals surface area contributed by atoms with E-state index in [4.69, 9.17) is 28.0 Å². The Kier molecular flexibility index (Phi) is 13.2. The summed E-state index contributed by atoms with van der Waals surface area (Å²) in [6.45, 7) is -0.430. The van der Waals surface area contributed by atoms with E-state index in [-0.39, 0.29) is 38.2 Å². The van der Waals surface area contributed by atoms with Crippen molar-refractivity contribution in [2.24, 2.45) is 27.9 Å². The van der Waals surface area contributed by atoms with Crippen molar-refractivity contribution in [2.75, 3.05) is 13.1 Å². The number of amides is 4. The van der Waals surface area contributed by atoms with Crippen LogP contribution in [-0.2, 0) is 28.8 Å². The van der Waals surface area contributed by atoms with Crippen LogP contribution in [0, 0.1) is 0 Å². The molecule has 16 heteroatoms. The first-order valence-corrected chi connectivity index (χ1v) is 9.75. The van der Waals surface area contributed by atoms with Crippen molar-refractivity contribution in [3.8, 4) is 0 Å². The Labute approximate surface area is 188 Å². The minimum atomic E-state index is -1.54. The molecule has 0 aliphatic rings. The molecule has 0 aromatic carbocycles. The summed E-state index contributed by atoms with van der Waals surface area (Å²) in [4.78, 5) is 73.9. The Hall–Kier alpha value is -3.95. The summed E-state index contributed by atoms with van der Waals surface area (Å²) < 4.78 is 0. The standard InChI is InChI=1S/C17H30N8O8/c18-7-12(27)23-10(6-13(28)29)15(31)24-8(2-1-5-22-17(20)21)14(30)25-9(16(32)33)3-4-11(19)26/h8-10H,1-7,18H2,(H2,19,26)(H,23,27)(H,24,31)(H,25,30)(H,28,29)(H,32,33)(H4,20,21,22). The van der Waals surface area contributed by atoms with Gasteiger partial charge in [-0.25, -0.2) is 4.79 Å². The summed E-state index contributed by atoms with van der Waals surface area (Å²) in [6.07, 6.45) is -1.30. The Morgan fingerprint density at radius 2 is 1.39 bits per heavy atom. The molecule has 0 saturated heterocycles. The van der Waals surface area contributed by atoms with Gasteiger partial charge in [-0.15, -0.1) is 0 Å². The predicted octanol–water partition coefficient (Wildman–Crippen LogP) is -4.72. The van der Waals surface area contributed by atoms with Gasteiger partial charge in [0.15, 0.2) is 5.96 Å². The van der Waals surface area contributed by atoms with E-state index in [9.17, 15) is 33.9 Å². The number of carbonyl (C=O) groups is 6. The molecule has 0 aromatic heterocycles. The molecule has 3 unspecified atom stereocenters. The average molecular weight is 474 g/mol. The van der Waals surface area contributed by atoms with Crippen LogP contribution in [0.4, 0.5) is 0 Å². The minimum absolute atomic E-state index is 0.0683. The second-order valence-corrected chi connectivity index (χ2v) is 6.84. The number of carbonyl (C=O) groups excluding carboxylic acids is 4. The van der Waals surface area contributed by atoms with Crippen molar-refractivity contribution in [3.05, 3.63) is 0 Å². The number of hydrogen-bond acceptors (Lipinski definition) is 8. The number of guanidine groups is 1. The maximum atomic E-state index is 12.7. The maximum absolute atomic E-state index is 12.7. The highest BCUT2D eigenvalue weighted by Gasteiger charge is 2.30. The van der Waals surface area contributed by atoms with Crippen LogP contribution in [0.25, 0.3) is 0 Å². The van der Waals surface area contributed by atoms with Crippen molar-refractivity contribution in [1.29, 1.82) is 0 Å². The van der Waals surface area contributed by atoms with Crippen LogP contribution in [-0.4, -0.2) is 83.0 Å². The lowest BCUT2D eigenvalue weighted by molar-refractivity contribution is -0.143. The number of nitrogens with zero attached hydrogens (tertiary/aromatic N) is 1. The fraction of sp³-hybridized carbons (Fsp3) is 0.588. The van der Waals surface area contributed by atoms with Crippen LogP contribution in [0.5, 0.6) is 0 Å². The fourth-order valence-corrected chi connectivity index (χ4v) is 2.50. The molecule has 13 N–H and O–H groups in total. The molecule has 0 rings (SSSR count). The van der Waals surface area contributed by atoms with Gasteiger partial charge in [-0.1, -0.05) is 0 Å². The van der Waals surface area contributed by atoms with Crippen molar-refractivity contribution < 1.29 is 39.0 Å². The van der Waals surface area contributed by atoms with E-state index in [2.05, 4.69) is 20.9 Å². The molecule has 0 aromatic rings. The molecule has 3 atom stereocenters. The zero-order chi connectivity index (χ0) is 25.6. The van der Waals surface area contributed by atoms with Gasteiger partial charge in [0.25, 0.3) is 0 Å². The Morgan fingerprint density at radius 3 is 1.88 bits per heavy atom. The second kappa shape index (κ2) is 15.0. The third kappa shape index (κ3) is 13.1. The first kappa shape index (κ1) is 29.0. The van der Waals surface area contributed by atoms with Gasteiger partial charge < -0.3 is 49.1 Å². The van der Waals surface area contributed by atoms with E-state index in [1.54, 1.807) is 0 Å². The summed E-state index contributed by atoms with van der Waals surface area (Å²) >= 11 is 0. The van der Waals surface area contributed by atoms with Gasteiger partial charge in [-0.2, -0.15) is 0 Å². The Balaban J connectivity index is 5.51. The number of aliphatic carboxylic acids is 2. The smallest absolute Gasteiger partial charge is 0.326 e. The molecule has 0 bridgehead atoms. The molecule has 0 saturated carbocycles. The first-order chi connectivity index (χ1) is 15.4. The number of primary amides is 1. The molecular formula is C17H30N8O8. The number of carboxylic acid groups (broad SMARTS) is 2. The SMILES string of the molecule is NCC(=O)NC(CC(=O)O)C(=O)NC(CCCN=C(N)N)C(=O)NC(CCC(N)=O)C(=O)O. The molecule has 0 aliphatic heterocycles. The molecular weight excluding hydrogens is 444 g/mol. The van der Waals surface area contributed by atoms with E-state index in [0.717, 1.165) is 0 Å². The lowest BCUT2D eigenvalue weighted by Crippen LogP contribution is -2.56. The van der Waals surface area contributed by atoms with Gasteiger partial charge in [-0.3, -0.25) is 29.0 Å². The molecule has 33 heavy (non-hydrogen) atoms. The largest absolute Gasteiger partial charge is 0.481 e. The van der Waals surface area contributed by atoms with Crippen LogP contribution in [0.2, 0.25) is 0 Å². The second-order valence-electron chi connectivity index (χ2n) is 6.84. The van der Waals surface area contributed by atoms with E-state index in [1.807, 2.05) is 0 Å². The Bertz CT molecular complexity index is 768. The molecule has 0 aliphatic carbocycles. The van der Waals surface area contributed by atoms with E-state index < -0.39 is 66.7 Å². The van der Waals surface area contributed by atoms with Crippen LogP contribution < -0.4 is 38.9 Å². The molecule has 0 heterocycles. The van der Waals surface area contributed by atoms with Crippen LogP contribution in [0.1, 0.15) is 32.1 Å². The fourth-order valence-electron chi connectivity index (χ4n) is 2.50. The van der Waals surface area contributed by atoms with Crippen LogP contribution >= 0.6 is 0 Å². The molecule has 186 valence electrons. The van der Waals surface area contributed by atoms with Gasteiger partial charge in [0, 0.05) is 13.0 Å². The zero-order valence-corrected chi connectivity index (χ0v) is 17.8. The van der Waals surface area contributed by atoms with E-state index in [0.29, 0.717) is 0 Å². The number of rotatable bonds is 16. The number of nitrogens with two attached hydrogens (primary N) is 4. The third-order valence-corrected chi connectivity index (χ3v) is 4.09. The highest BCUT2D eigenvalue weighted by Crippen LogP contribution is 2.04. The lowest BCUT2D eigenvalue weighted by Gasteiger charge is -2.24. The number of carboxylic acids is 2. The normalized spacial score (nSPS) is 13.0. The number of hydrogen-bond donors (Lipinski definition) is 9. The number of nitrogens with one attached hydrogen (secondary N) is 3. The van der Waals surface area contributed by atoms with Gasteiger partial charge >= 0.3 is 11.9 Å². The third-order valence-electron chi connectivity index (χ3n) is 4.09. The molecule has 0 fully saturated rings. The summed E-state index contributed by atoms with van der Waals surface area (Å²) in [6, 6.07) is -4.36. The van der Waals surface area contributed by atoms with Gasteiger partial charge in [0.2, 0.25) is 23.6 Å². The van der Waals surface area contributed by atoms with Gasteiger partial charge in [-0.05, 0) is 19.3 Å². The van der Waals surface area contributed by atoms with Gasteiger partial charge in [0.1, 0.15) is 18.1 Å². The summed E-state index contributed by atoms with van der Waals surface area (Å²) in [5, 5.41) is 24.9. The van der Waals surface area contributed by atoms with Crippen molar-refractivity contribution in [1.82, 2.24) is 16.0 Å². The van der Waals surface area contributed by atoms with Gasteiger partial charge in [0.05, 0.1) is 13.0 Å². The maximum Gasteiger partial charge on any atom is 0.326 e. The van der Waals surface area contributed by atoms with E-state index in [1.165, 1.54) is 0 Å². The highest BCUT2D eigenvalue weighted by molar-refractivity contribution is 5.95. The summed E-state index contributed by atoms with van der Waals surface area (Å²) in [5.74, 6) is -6.56. The highest BCUT2D eigenvalue weighted by atomic mass is 16.4. The minimum Gasteiger partial charge on any atom is -0.481 e. The van der Waals surface area contributed by atoms with Crippen molar-refractivity contribution >= 4 is 41.5 Å².